The van der Waals surface area contributed by atoms with Crippen molar-refractivity contribution in [2.24, 2.45) is 0 Å². The van der Waals surface area contributed by atoms with Gasteiger partial charge < -0.3 is 5.32 Å². The molecule has 1 aliphatic heterocycles. The van der Waals surface area contributed by atoms with Crippen LogP contribution in [0, 0.1) is 6.92 Å². The molecule has 1 amide bonds. The van der Waals surface area contributed by atoms with Gasteiger partial charge in [0, 0.05) is 30.6 Å². The number of carbonyl (C=O) groups excluding carboxylic acids is 1. The Hall–Kier alpha value is -3.00. The van der Waals surface area contributed by atoms with Crippen LogP contribution < -0.4 is 10.9 Å². The van der Waals surface area contributed by atoms with Crippen molar-refractivity contribution in [1.82, 2.24) is 30.2 Å². The molecule has 2 aromatic heterocycles. The number of para-hydroxylation sites is 1. The molecule has 4 rings (SSSR count). The van der Waals surface area contributed by atoms with E-state index < -0.39 is 0 Å². The summed E-state index contributed by atoms with van der Waals surface area (Å²) in [4.78, 5) is 27.0. The molecule has 8 heteroatoms. The number of rotatable bonds is 6. The van der Waals surface area contributed by atoms with Crippen LogP contribution in [0.5, 0.6) is 0 Å². The number of piperidine rings is 1. The van der Waals surface area contributed by atoms with Gasteiger partial charge in [0.15, 0.2) is 5.69 Å². The summed E-state index contributed by atoms with van der Waals surface area (Å²) in [5.41, 5.74) is 2.03. The van der Waals surface area contributed by atoms with Crippen molar-refractivity contribution < 1.29 is 4.79 Å². The highest BCUT2D eigenvalue weighted by Gasteiger charge is 2.24. The van der Waals surface area contributed by atoms with E-state index >= 15 is 0 Å². The minimum atomic E-state index is -0.162. The second-order valence-corrected chi connectivity index (χ2v) is 7.55. The lowest BCUT2D eigenvalue weighted by molar-refractivity contribution is 0.0906. The fourth-order valence-corrected chi connectivity index (χ4v) is 3.95. The number of aromatic amines is 1. The van der Waals surface area contributed by atoms with E-state index in [1.807, 2.05) is 31.2 Å². The maximum absolute atomic E-state index is 12.7. The number of H-pyrrole nitrogens is 1. The first-order valence-corrected chi connectivity index (χ1v) is 10.1. The van der Waals surface area contributed by atoms with Gasteiger partial charge in [-0.15, -0.1) is 0 Å². The van der Waals surface area contributed by atoms with Crippen LogP contribution in [0.2, 0.25) is 0 Å². The molecule has 3 heterocycles. The SMILES string of the molecule is Cc1ccc(=O)n(CCN2CCCCC2CNC(=O)c2n[nH]c3ccccc23)n1. The lowest BCUT2D eigenvalue weighted by Crippen LogP contribution is -2.48. The van der Waals surface area contributed by atoms with Crippen molar-refractivity contribution in [3.05, 3.63) is 58.1 Å². The largest absolute Gasteiger partial charge is 0.349 e. The second kappa shape index (κ2) is 8.57. The first-order valence-electron chi connectivity index (χ1n) is 10.1. The Morgan fingerprint density at radius 3 is 2.97 bits per heavy atom. The molecule has 2 N–H and O–H groups in total. The highest BCUT2D eigenvalue weighted by molar-refractivity contribution is 6.04. The molecule has 1 fully saturated rings. The predicted molar refractivity (Wildman–Crippen MR) is 111 cm³/mol. The Bertz CT molecular complexity index is 1060. The number of aryl methyl sites for hydroxylation is 1. The number of aromatic nitrogens is 4. The quantitative estimate of drug-likeness (QED) is 0.664. The zero-order chi connectivity index (χ0) is 20.2. The number of nitrogens with one attached hydrogen (secondary N) is 2. The van der Waals surface area contributed by atoms with E-state index in [1.165, 1.54) is 4.68 Å². The monoisotopic (exact) mass is 394 g/mol. The van der Waals surface area contributed by atoms with Crippen molar-refractivity contribution in [1.29, 1.82) is 0 Å². The van der Waals surface area contributed by atoms with Crippen LogP contribution in [-0.4, -0.2) is 56.5 Å². The third kappa shape index (κ3) is 4.37. The van der Waals surface area contributed by atoms with E-state index in [-0.39, 0.29) is 17.5 Å². The molecule has 0 aliphatic carbocycles. The van der Waals surface area contributed by atoms with Gasteiger partial charge in [-0.1, -0.05) is 24.6 Å². The third-order valence-electron chi connectivity index (χ3n) is 5.53. The molecule has 29 heavy (non-hydrogen) atoms. The topological polar surface area (TPSA) is 95.9 Å². The summed E-state index contributed by atoms with van der Waals surface area (Å²) >= 11 is 0. The molecule has 0 saturated carbocycles. The molecule has 0 radical (unpaired) electrons. The standard InChI is InChI=1S/C21H26N6O2/c1-15-9-10-19(28)27(25-15)13-12-26-11-5-4-6-16(26)14-22-21(29)20-17-7-2-3-8-18(17)23-24-20/h2-3,7-10,16H,4-6,11-14H2,1H3,(H,22,29)(H,23,24). The molecule has 1 aromatic carbocycles. The Balaban J connectivity index is 1.38. The van der Waals surface area contributed by atoms with E-state index in [0.29, 0.717) is 18.8 Å². The Labute approximate surface area is 168 Å². The number of nitrogens with zero attached hydrogens (tertiary/aromatic N) is 4. The predicted octanol–water partition coefficient (Wildman–Crippen LogP) is 1.71. The molecule has 1 saturated heterocycles. The van der Waals surface area contributed by atoms with Crippen molar-refractivity contribution in [3.63, 3.8) is 0 Å². The van der Waals surface area contributed by atoms with Crippen molar-refractivity contribution in [2.45, 2.75) is 38.8 Å². The smallest absolute Gasteiger partial charge is 0.272 e. The summed E-state index contributed by atoms with van der Waals surface area (Å²) in [6.07, 6.45) is 3.30. The number of fused-ring (bicyclic) bond motifs is 1. The number of benzene rings is 1. The van der Waals surface area contributed by atoms with Crippen LogP contribution in [0.15, 0.2) is 41.2 Å². The van der Waals surface area contributed by atoms with E-state index in [2.05, 4.69) is 25.5 Å². The Morgan fingerprint density at radius 2 is 2.07 bits per heavy atom. The molecular weight excluding hydrogens is 368 g/mol. The number of carbonyl (C=O) groups is 1. The first kappa shape index (κ1) is 19.3. The summed E-state index contributed by atoms with van der Waals surface area (Å²) in [5, 5.41) is 15.3. The molecule has 152 valence electrons. The number of likely N-dealkylation sites (tertiary alicyclic amines) is 1. The zero-order valence-electron chi connectivity index (χ0n) is 16.6. The number of amides is 1. The highest BCUT2D eigenvalue weighted by atomic mass is 16.2. The molecular formula is C21H26N6O2. The normalized spacial score (nSPS) is 17.5. The van der Waals surface area contributed by atoms with Crippen molar-refractivity contribution in [2.75, 3.05) is 19.6 Å². The van der Waals surface area contributed by atoms with Gasteiger partial charge in [-0.25, -0.2) is 4.68 Å². The fraction of sp³-hybridized carbons (Fsp3) is 0.429. The molecule has 1 atom stereocenters. The van der Waals surface area contributed by atoms with Gasteiger partial charge in [0.1, 0.15) is 0 Å². The van der Waals surface area contributed by atoms with E-state index in [9.17, 15) is 9.59 Å². The van der Waals surface area contributed by atoms with Gasteiger partial charge in [-0.2, -0.15) is 10.2 Å². The van der Waals surface area contributed by atoms with Crippen LogP contribution in [-0.2, 0) is 6.54 Å². The van der Waals surface area contributed by atoms with E-state index in [0.717, 1.165) is 48.9 Å². The molecule has 0 bridgehead atoms. The highest BCUT2D eigenvalue weighted by Crippen LogP contribution is 2.18. The molecule has 1 aliphatic rings. The third-order valence-corrected chi connectivity index (χ3v) is 5.53. The van der Waals surface area contributed by atoms with Crippen molar-refractivity contribution >= 4 is 16.8 Å². The lowest BCUT2D eigenvalue weighted by atomic mass is 10.0. The van der Waals surface area contributed by atoms with Crippen LogP contribution in [0.1, 0.15) is 35.4 Å². The number of hydrogen-bond acceptors (Lipinski definition) is 5. The number of hydrogen-bond donors (Lipinski definition) is 2. The molecule has 3 aromatic rings. The fourth-order valence-electron chi connectivity index (χ4n) is 3.95. The van der Waals surface area contributed by atoms with Crippen molar-refractivity contribution in [3.8, 4) is 0 Å². The first-order chi connectivity index (χ1) is 14.1. The molecule has 1 unspecified atom stereocenters. The zero-order valence-corrected chi connectivity index (χ0v) is 16.6. The summed E-state index contributed by atoms with van der Waals surface area (Å²) in [6, 6.07) is 11.2. The summed E-state index contributed by atoms with van der Waals surface area (Å²) in [6.45, 7) is 4.70. The Kier molecular flexibility index (Phi) is 5.71. The summed E-state index contributed by atoms with van der Waals surface area (Å²) < 4.78 is 1.52. The van der Waals surface area contributed by atoms with Gasteiger partial charge in [0.2, 0.25) is 0 Å². The second-order valence-electron chi connectivity index (χ2n) is 7.55. The summed E-state index contributed by atoms with van der Waals surface area (Å²) in [5.74, 6) is -0.162. The van der Waals surface area contributed by atoms with Gasteiger partial charge in [-0.05, 0) is 38.4 Å². The van der Waals surface area contributed by atoms with Crippen LogP contribution in [0.3, 0.4) is 0 Å². The minimum Gasteiger partial charge on any atom is -0.349 e. The molecule has 8 nitrogen and oxygen atoms in total. The molecule has 0 spiro atoms. The van der Waals surface area contributed by atoms with Gasteiger partial charge >= 0.3 is 0 Å². The average molecular weight is 394 g/mol. The van der Waals surface area contributed by atoms with E-state index in [4.69, 9.17) is 0 Å². The minimum absolute atomic E-state index is 0.0807. The van der Waals surface area contributed by atoms with Crippen LogP contribution >= 0.6 is 0 Å². The van der Waals surface area contributed by atoms with E-state index in [1.54, 1.807) is 12.1 Å². The van der Waals surface area contributed by atoms with Gasteiger partial charge in [0.25, 0.3) is 11.5 Å². The van der Waals surface area contributed by atoms with Gasteiger partial charge in [-0.3, -0.25) is 19.6 Å². The van der Waals surface area contributed by atoms with Crippen LogP contribution in [0.4, 0.5) is 0 Å². The Morgan fingerprint density at radius 1 is 1.21 bits per heavy atom. The maximum Gasteiger partial charge on any atom is 0.272 e. The average Bonchev–Trinajstić information content (AvgIpc) is 3.17. The maximum atomic E-state index is 12.7. The lowest BCUT2D eigenvalue weighted by Gasteiger charge is -2.35. The van der Waals surface area contributed by atoms with Crippen LogP contribution in [0.25, 0.3) is 10.9 Å². The summed E-state index contributed by atoms with van der Waals surface area (Å²) in [7, 11) is 0. The van der Waals surface area contributed by atoms with Gasteiger partial charge in [0.05, 0.1) is 17.8 Å².